The number of hydrogen-bond donors (Lipinski definition) is 0. The maximum absolute atomic E-state index is 12.5. The standard InChI is InChI=1S/C18H19NO4S2/c1-2-22-14(20)7-8-19-17-16(25-18(19)21)15-11(10-24-17)9-23-13-6-4-3-5-12(13)15/h3-6,11,15H,2,7-10H2,1H3. The highest BCUT2D eigenvalue weighted by atomic mass is 32.2. The van der Waals surface area contributed by atoms with Crippen LogP contribution in [0.2, 0.25) is 0 Å². The van der Waals surface area contributed by atoms with Gasteiger partial charge < -0.3 is 9.47 Å². The Bertz CT molecular complexity index is 857. The maximum Gasteiger partial charge on any atom is 0.308 e. The van der Waals surface area contributed by atoms with Crippen molar-refractivity contribution >= 4 is 29.1 Å². The van der Waals surface area contributed by atoms with Gasteiger partial charge in [0.2, 0.25) is 0 Å². The Kier molecular flexibility index (Phi) is 4.60. The molecule has 7 heteroatoms. The molecule has 0 spiro atoms. The minimum absolute atomic E-state index is 0.00595. The summed E-state index contributed by atoms with van der Waals surface area (Å²) in [7, 11) is 0. The van der Waals surface area contributed by atoms with Crippen molar-refractivity contribution in [3.05, 3.63) is 44.4 Å². The number of thioether (sulfide) groups is 1. The molecule has 1 aromatic heterocycles. The number of ether oxygens (including phenoxy) is 2. The molecule has 0 fully saturated rings. The van der Waals surface area contributed by atoms with E-state index in [4.69, 9.17) is 9.47 Å². The highest BCUT2D eigenvalue weighted by Gasteiger charge is 2.39. The predicted molar refractivity (Wildman–Crippen MR) is 97.8 cm³/mol. The Labute approximate surface area is 154 Å². The van der Waals surface area contributed by atoms with Gasteiger partial charge in [-0.3, -0.25) is 14.2 Å². The Hall–Kier alpha value is -1.73. The number of para-hydroxylation sites is 1. The Morgan fingerprint density at radius 1 is 1.40 bits per heavy atom. The highest BCUT2D eigenvalue weighted by Crippen LogP contribution is 2.50. The number of carbonyl (C=O) groups is 1. The lowest BCUT2D eigenvalue weighted by molar-refractivity contribution is -0.143. The van der Waals surface area contributed by atoms with Crippen LogP contribution in [-0.4, -0.2) is 29.5 Å². The number of aromatic nitrogens is 1. The van der Waals surface area contributed by atoms with Gasteiger partial charge in [0.25, 0.3) is 0 Å². The first kappa shape index (κ1) is 16.7. The van der Waals surface area contributed by atoms with Crippen molar-refractivity contribution in [1.82, 2.24) is 4.57 Å². The molecular formula is C18H19NO4S2. The number of hydrogen-bond acceptors (Lipinski definition) is 6. The van der Waals surface area contributed by atoms with Crippen LogP contribution in [0, 0.1) is 5.92 Å². The second-order valence-electron chi connectivity index (χ2n) is 6.14. The number of rotatable bonds is 4. The van der Waals surface area contributed by atoms with Crippen LogP contribution in [0.5, 0.6) is 5.75 Å². The number of thiazole rings is 1. The molecule has 0 amide bonds. The van der Waals surface area contributed by atoms with E-state index in [1.54, 1.807) is 23.3 Å². The van der Waals surface area contributed by atoms with E-state index in [9.17, 15) is 9.59 Å². The van der Waals surface area contributed by atoms with E-state index in [2.05, 4.69) is 6.07 Å². The normalized spacial score (nSPS) is 20.8. The zero-order chi connectivity index (χ0) is 17.4. The summed E-state index contributed by atoms with van der Waals surface area (Å²) < 4.78 is 12.6. The van der Waals surface area contributed by atoms with Crippen LogP contribution in [0.25, 0.3) is 0 Å². The van der Waals surface area contributed by atoms with Crippen molar-refractivity contribution in [3.8, 4) is 5.75 Å². The summed E-state index contributed by atoms with van der Waals surface area (Å²) in [5, 5.41) is 1.01. The van der Waals surface area contributed by atoms with Crippen LogP contribution >= 0.6 is 23.1 Å². The lowest BCUT2D eigenvalue weighted by Gasteiger charge is -2.36. The molecule has 0 aliphatic carbocycles. The first-order valence-corrected chi connectivity index (χ1v) is 10.2. The van der Waals surface area contributed by atoms with Crippen molar-refractivity contribution in [2.24, 2.45) is 5.92 Å². The molecule has 2 aliphatic rings. The molecule has 132 valence electrons. The van der Waals surface area contributed by atoms with Crippen molar-refractivity contribution in [2.75, 3.05) is 19.0 Å². The van der Waals surface area contributed by atoms with Gasteiger partial charge in [-0.15, -0.1) is 11.8 Å². The second kappa shape index (κ2) is 6.88. The van der Waals surface area contributed by atoms with Crippen molar-refractivity contribution < 1.29 is 14.3 Å². The smallest absolute Gasteiger partial charge is 0.308 e. The van der Waals surface area contributed by atoms with Gasteiger partial charge in [0.05, 0.1) is 24.7 Å². The number of esters is 1. The van der Waals surface area contributed by atoms with Crippen molar-refractivity contribution in [1.29, 1.82) is 0 Å². The molecule has 5 nitrogen and oxygen atoms in total. The topological polar surface area (TPSA) is 57.5 Å². The zero-order valence-electron chi connectivity index (χ0n) is 13.9. The number of carbonyl (C=O) groups excluding carboxylic acids is 1. The molecule has 0 saturated heterocycles. The molecule has 3 heterocycles. The minimum Gasteiger partial charge on any atom is -0.493 e. The number of fused-ring (bicyclic) bond motifs is 5. The molecule has 4 rings (SSSR count). The third-order valence-electron chi connectivity index (χ3n) is 4.61. The predicted octanol–water partition coefficient (Wildman–Crippen LogP) is 3.11. The van der Waals surface area contributed by atoms with E-state index < -0.39 is 0 Å². The fourth-order valence-electron chi connectivity index (χ4n) is 3.48. The SMILES string of the molecule is CCOC(=O)CCn1c2c(sc1=O)C1c3ccccc3OCC1CS2. The molecule has 0 saturated carbocycles. The quantitative estimate of drug-likeness (QED) is 0.767. The summed E-state index contributed by atoms with van der Waals surface area (Å²) in [4.78, 5) is 25.3. The summed E-state index contributed by atoms with van der Waals surface area (Å²) in [6.45, 7) is 3.22. The first-order valence-electron chi connectivity index (χ1n) is 8.42. The first-order chi connectivity index (χ1) is 12.2. The summed E-state index contributed by atoms with van der Waals surface area (Å²) in [6.07, 6.45) is 0.227. The van der Waals surface area contributed by atoms with Crippen molar-refractivity contribution in [3.63, 3.8) is 0 Å². The summed E-state index contributed by atoms with van der Waals surface area (Å²) in [6, 6.07) is 8.09. The van der Waals surface area contributed by atoms with Crippen molar-refractivity contribution in [2.45, 2.75) is 30.8 Å². The third kappa shape index (κ3) is 3.00. The van der Waals surface area contributed by atoms with Gasteiger partial charge in [0, 0.05) is 34.6 Å². The monoisotopic (exact) mass is 377 g/mol. The fraction of sp³-hybridized carbons (Fsp3) is 0.444. The van der Waals surface area contributed by atoms with E-state index >= 15 is 0 Å². The Morgan fingerprint density at radius 2 is 2.24 bits per heavy atom. The maximum atomic E-state index is 12.5. The van der Waals surface area contributed by atoms with E-state index in [1.807, 2.05) is 18.2 Å². The average molecular weight is 377 g/mol. The molecule has 2 aromatic rings. The number of benzene rings is 1. The van der Waals surface area contributed by atoms with E-state index in [-0.39, 0.29) is 23.2 Å². The van der Waals surface area contributed by atoms with Gasteiger partial charge in [-0.1, -0.05) is 29.5 Å². The molecule has 0 N–H and O–H groups in total. The minimum atomic E-state index is -0.260. The second-order valence-corrected chi connectivity index (χ2v) is 8.14. The van der Waals surface area contributed by atoms with Crippen LogP contribution in [0.15, 0.2) is 34.1 Å². The van der Waals surface area contributed by atoms with Gasteiger partial charge >= 0.3 is 10.8 Å². The lowest BCUT2D eigenvalue weighted by atomic mass is 9.84. The highest BCUT2D eigenvalue weighted by molar-refractivity contribution is 7.99. The third-order valence-corrected chi connectivity index (χ3v) is 7.11. The van der Waals surface area contributed by atoms with Crippen LogP contribution in [0.4, 0.5) is 0 Å². The van der Waals surface area contributed by atoms with Gasteiger partial charge in [0.15, 0.2) is 0 Å². The van der Waals surface area contributed by atoms with E-state index in [0.717, 1.165) is 21.4 Å². The van der Waals surface area contributed by atoms with Crippen LogP contribution in [-0.2, 0) is 16.1 Å². The summed E-state index contributed by atoms with van der Waals surface area (Å²) >= 11 is 3.01. The summed E-state index contributed by atoms with van der Waals surface area (Å²) in [5.74, 6) is 2.17. The van der Waals surface area contributed by atoms with Crippen LogP contribution in [0.1, 0.15) is 29.7 Å². The van der Waals surface area contributed by atoms with Crippen LogP contribution in [0.3, 0.4) is 0 Å². The van der Waals surface area contributed by atoms with E-state index in [0.29, 0.717) is 25.7 Å². The molecule has 1 aromatic carbocycles. The Morgan fingerprint density at radius 3 is 3.08 bits per heavy atom. The van der Waals surface area contributed by atoms with Crippen LogP contribution < -0.4 is 9.61 Å². The zero-order valence-corrected chi connectivity index (χ0v) is 15.5. The van der Waals surface area contributed by atoms with Gasteiger partial charge in [-0.25, -0.2) is 0 Å². The summed E-state index contributed by atoms with van der Waals surface area (Å²) in [5.41, 5.74) is 1.17. The number of nitrogens with zero attached hydrogens (tertiary/aromatic N) is 1. The lowest BCUT2D eigenvalue weighted by Crippen LogP contribution is -2.31. The Balaban J connectivity index is 1.68. The van der Waals surface area contributed by atoms with Gasteiger partial charge in [-0.05, 0) is 13.0 Å². The van der Waals surface area contributed by atoms with Gasteiger partial charge in [0.1, 0.15) is 5.75 Å². The molecule has 2 aliphatic heterocycles. The molecule has 2 unspecified atom stereocenters. The molecule has 2 atom stereocenters. The molecule has 0 bridgehead atoms. The molecule has 0 radical (unpaired) electrons. The molecule has 25 heavy (non-hydrogen) atoms. The van der Waals surface area contributed by atoms with E-state index in [1.165, 1.54) is 16.9 Å². The largest absolute Gasteiger partial charge is 0.493 e. The molecular weight excluding hydrogens is 358 g/mol. The average Bonchev–Trinajstić information content (AvgIpc) is 2.95. The van der Waals surface area contributed by atoms with Gasteiger partial charge in [-0.2, -0.15) is 0 Å². The fourth-order valence-corrected chi connectivity index (χ4v) is 6.23.